The summed E-state index contributed by atoms with van der Waals surface area (Å²) in [6.07, 6.45) is 1.61. The summed E-state index contributed by atoms with van der Waals surface area (Å²) >= 11 is 0. The summed E-state index contributed by atoms with van der Waals surface area (Å²) in [6.45, 7) is 2.08. The van der Waals surface area contributed by atoms with Gasteiger partial charge in [-0.15, -0.1) is 0 Å². The van der Waals surface area contributed by atoms with Gasteiger partial charge in [0.2, 0.25) is 0 Å². The van der Waals surface area contributed by atoms with Gasteiger partial charge in [0.25, 0.3) is 0 Å². The zero-order valence-corrected chi connectivity index (χ0v) is 3.68. The van der Waals surface area contributed by atoms with E-state index in [0.29, 0.717) is 0 Å². The van der Waals surface area contributed by atoms with E-state index in [1.807, 2.05) is 6.07 Å². The molecule has 0 spiro atoms. The van der Waals surface area contributed by atoms with E-state index in [9.17, 15) is 0 Å². The summed E-state index contributed by atoms with van der Waals surface area (Å²) in [5, 5.41) is 7.83. The molecule has 0 amide bonds. The van der Waals surface area contributed by atoms with Gasteiger partial charge in [0.1, 0.15) is 6.54 Å². The van der Waals surface area contributed by atoms with Crippen molar-refractivity contribution in [2.24, 2.45) is 4.99 Å². The van der Waals surface area contributed by atoms with Crippen LogP contribution >= 0.6 is 0 Å². The maximum Gasteiger partial charge on any atom is 0.125 e. The Morgan fingerprint density at radius 1 is 2.00 bits per heavy atom. The van der Waals surface area contributed by atoms with Gasteiger partial charge in [0.05, 0.1) is 6.07 Å². The molecule has 0 bridgehead atoms. The number of rotatable bonds is 1. The van der Waals surface area contributed by atoms with E-state index in [2.05, 4.69) is 4.99 Å². The van der Waals surface area contributed by atoms with Crippen molar-refractivity contribution in [2.75, 3.05) is 6.54 Å². The summed E-state index contributed by atoms with van der Waals surface area (Å²) in [4.78, 5) is 3.60. The van der Waals surface area contributed by atoms with Crippen LogP contribution in [0, 0.1) is 11.3 Å². The molecule has 0 aromatic carbocycles. The van der Waals surface area contributed by atoms with E-state index in [0.717, 1.165) is 0 Å². The third-order valence-corrected chi connectivity index (χ3v) is 0.345. The highest BCUT2D eigenvalue weighted by atomic mass is 14.7. The lowest BCUT2D eigenvalue weighted by Crippen LogP contribution is -1.67. The molecule has 0 N–H and O–H groups in total. The molecule has 0 saturated carbocycles. The van der Waals surface area contributed by atoms with E-state index < -0.39 is 0 Å². The minimum absolute atomic E-state index is 0.288. The molecule has 0 unspecified atom stereocenters. The van der Waals surface area contributed by atoms with Gasteiger partial charge >= 0.3 is 0 Å². The summed E-state index contributed by atoms with van der Waals surface area (Å²) in [7, 11) is 0. The Balaban J connectivity index is 2.92. The fraction of sp³-hybridized carbons (Fsp3) is 0.500. The minimum atomic E-state index is 0.288. The van der Waals surface area contributed by atoms with Gasteiger partial charge in [0.15, 0.2) is 0 Å². The van der Waals surface area contributed by atoms with Crippen LogP contribution in [0.1, 0.15) is 6.92 Å². The Labute approximate surface area is 37.1 Å². The van der Waals surface area contributed by atoms with Gasteiger partial charge in [-0.05, 0) is 13.1 Å². The van der Waals surface area contributed by atoms with Gasteiger partial charge in [-0.25, -0.2) is 0 Å². The molecule has 0 saturated heterocycles. The lowest BCUT2D eigenvalue weighted by molar-refractivity contribution is 1.25. The Hall–Kier alpha value is -0.840. The van der Waals surface area contributed by atoms with Gasteiger partial charge in [-0.3, -0.25) is 4.99 Å². The van der Waals surface area contributed by atoms with Crippen LogP contribution in [0.2, 0.25) is 0 Å². The lowest BCUT2D eigenvalue weighted by atomic mass is 10.7. The van der Waals surface area contributed by atoms with Crippen molar-refractivity contribution in [3.8, 4) is 6.07 Å². The van der Waals surface area contributed by atoms with Crippen molar-refractivity contribution >= 4 is 6.21 Å². The van der Waals surface area contributed by atoms with Crippen molar-refractivity contribution in [1.29, 1.82) is 5.26 Å². The topological polar surface area (TPSA) is 36.1 Å². The van der Waals surface area contributed by atoms with Crippen LogP contribution in [-0.4, -0.2) is 12.8 Å². The minimum Gasteiger partial charge on any atom is -0.283 e. The zero-order chi connectivity index (χ0) is 4.83. The Morgan fingerprint density at radius 3 is 2.83 bits per heavy atom. The SMILES string of the molecule is CC=NCC#N. The second kappa shape index (κ2) is 4.16. The van der Waals surface area contributed by atoms with Crippen molar-refractivity contribution in [2.45, 2.75) is 6.92 Å². The van der Waals surface area contributed by atoms with Crippen LogP contribution in [0.15, 0.2) is 4.99 Å². The van der Waals surface area contributed by atoms with Gasteiger partial charge in [-0.2, -0.15) is 5.26 Å². The Bertz CT molecular complexity index is 78.0. The maximum absolute atomic E-state index is 7.83. The third kappa shape index (κ3) is 3.16. The molecule has 0 aliphatic carbocycles. The van der Waals surface area contributed by atoms with E-state index >= 15 is 0 Å². The van der Waals surface area contributed by atoms with Crippen molar-refractivity contribution in [3.63, 3.8) is 0 Å². The summed E-state index contributed by atoms with van der Waals surface area (Å²) in [5.41, 5.74) is 0. The van der Waals surface area contributed by atoms with Crippen LogP contribution in [0.5, 0.6) is 0 Å². The highest BCUT2D eigenvalue weighted by Gasteiger charge is 1.60. The van der Waals surface area contributed by atoms with Crippen LogP contribution in [0.25, 0.3) is 0 Å². The van der Waals surface area contributed by atoms with Crippen molar-refractivity contribution in [1.82, 2.24) is 0 Å². The van der Waals surface area contributed by atoms with E-state index in [4.69, 9.17) is 5.26 Å². The highest BCUT2D eigenvalue weighted by molar-refractivity contribution is 5.53. The number of nitriles is 1. The summed E-state index contributed by atoms with van der Waals surface area (Å²) < 4.78 is 0. The normalized spacial score (nSPS) is 8.67. The monoisotopic (exact) mass is 82.1 g/mol. The zero-order valence-electron chi connectivity index (χ0n) is 3.68. The molecule has 6 heavy (non-hydrogen) atoms. The predicted molar refractivity (Wildman–Crippen MR) is 24.6 cm³/mol. The van der Waals surface area contributed by atoms with Crippen LogP contribution in [0.4, 0.5) is 0 Å². The molecule has 2 nitrogen and oxygen atoms in total. The number of aliphatic imine (C=N–C) groups is 1. The predicted octanol–water partition coefficient (Wildman–Crippen LogP) is 0.601. The van der Waals surface area contributed by atoms with Gasteiger partial charge in [-0.1, -0.05) is 0 Å². The molecule has 32 valence electrons. The summed E-state index contributed by atoms with van der Waals surface area (Å²) in [6, 6.07) is 1.87. The molecule has 2 heteroatoms. The van der Waals surface area contributed by atoms with Crippen LogP contribution in [0.3, 0.4) is 0 Å². The average Bonchev–Trinajstić information content (AvgIpc) is 1.61. The molecule has 0 aliphatic heterocycles. The third-order valence-electron chi connectivity index (χ3n) is 0.345. The maximum atomic E-state index is 7.83. The molecule has 0 aliphatic rings. The molecule has 0 aromatic heterocycles. The van der Waals surface area contributed by atoms with Gasteiger partial charge < -0.3 is 0 Å². The quantitative estimate of drug-likeness (QED) is 0.337. The van der Waals surface area contributed by atoms with Crippen molar-refractivity contribution in [3.05, 3.63) is 0 Å². The fourth-order valence-corrected chi connectivity index (χ4v) is 0.132. The highest BCUT2D eigenvalue weighted by Crippen LogP contribution is 1.58. The molecule has 0 radical (unpaired) electrons. The van der Waals surface area contributed by atoms with Crippen LogP contribution in [-0.2, 0) is 0 Å². The molecule has 0 atom stereocenters. The molecular formula is C4H6N2. The first-order valence-electron chi connectivity index (χ1n) is 1.73. The summed E-state index contributed by atoms with van der Waals surface area (Å²) in [5.74, 6) is 0. The van der Waals surface area contributed by atoms with E-state index in [1.54, 1.807) is 13.1 Å². The number of nitrogens with zero attached hydrogens (tertiary/aromatic N) is 2. The first kappa shape index (κ1) is 5.16. The van der Waals surface area contributed by atoms with E-state index in [-0.39, 0.29) is 6.54 Å². The number of hydrogen-bond donors (Lipinski definition) is 0. The Morgan fingerprint density at radius 2 is 2.67 bits per heavy atom. The second-order valence-corrected chi connectivity index (χ2v) is 0.757. The van der Waals surface area contributed by atoms with E-state index in [1.165, 1.54) is 0 Å². The van der Waals surface area contributed by atoms with Crippen molar-refractivity contribution < 1.29 is 0 Å². The smallest absolute Gasteiger partial charge is 0.125 e. The average molecular weight is 82.1 g/mol. The Kier molecular flexibility index (Phi) is 3.58. The molecule has 0 fully saturated rings. The molecule has 0 heterocycles. The standard InChI is InChI=1S/C4H6N2/c1-2-6-4-3-5/h2H,4H2,1H3. The lowest BCUT2D eigenvalue weighted by Gasteiger charge is -1.66. The molecule has 0 aromatic rings. The molecular weight excluding hydrogens is 76.1 g/mol. The fourth-order valence-electron chi connectivity index (χ4n) is 0.132. The second-order valence-electron chi connectivity index (χ2n) is 0.757. The van der Waals surface area contributed by atoms with Gasteiger partial charge in [0, 0.05) is 0 Å². The first-order chi connectivity index (χ1) is 2.91. The van der Waals surface area contributed by atoms with Crippen LogP contribution < -0.4 is 0 Å². The molecule has 0 rings (SSSR count). The first-order valence-corrected chi connectivity index (χ1v) is 1.73. The largest absolute Gasteiger partial charge is 0.283 e. The number of hydrogen-bond acceptors (Lipinski definition) is 2.